The first-order valence-electron chi connectivity index (χ1n) is 10.6. The molecule has 4 rings (SSSR count). The molecular weight excluding hydrogens is 448 g/mol. The number of H-pyrrole nitrogens is 1. The number of hydrogen-bond donors (Lipinski definition) is 1. The van der Waals surface area contributed by atoms with Gasteiger partial charge in [0, 0.05) is 33.2 Å². The zero-order valence-corrected chi connectivity index (χ0v) is 20.4. The average Bonchev–Trinajstić information content (AvgIpc) is 3.09. The third kappa shape index (κ3) is 4.05. The van der Waals surface area contributed by atoms with Gasteiger partial charge in [0.15, 0.2) is 4.64 Å². The minimum absolute atomic E-state index is 0.207. The van der Waals surface area contributed by atoms with Crippen molar-refractivity contribution in [3.63, 3.8) is 0 Å². The number of methoxy groups -OCH3 is 1. The highest BCUT2D eigenvalue weighted by molar-refractivity contribution is 7.89. The first kappa shape index (κ1) is 22.8. The predicted octanol–water partition coefficient (Wildman–Crippen LogP) is 2.59. The van der Waals surface area contributed by atoms with Crippen molar-refractivity contribution in [3.8, 4) is 17.1 Å². The standard InChI is InChI=1S/C21H28N6O3S2/c1-5-6-16-18-19(26(3)24-16)21(31)23-20(22-18)15-13-14(7-8-17(15)30-4)32(28,29)27-11-9-25(2)10-12-27/h7-8,13H,5-6,9-12H2,1-4H3,(H,22,23,31). The Morgan fingerprint density at radius 3 is 2.56 bits per heavy atom. The van der Waals surface area contributed by atoms with E-state index in [9.17, 15) is 8.42 Å². The van der Waals surface area contributed by atoms with Crippen LogP contribution in [0.1, 0.15) is 19.0 Å². The molecule has 1 aromatic carbocycles. The molecule has 0 spiro atoms. The first-order valence-corrected chi connectivity index (χ1v) is 12.4. The Balaban J connectivity index is 1.84. The Bertz CT molecular complexity index is 1310. The third-order valence-electron chi connectivity index (χ3n) is 5.79. The van der Waals surface area contributed by atoms with Gasteiger partial charge in [0.2, 0.25) is 10.0 Å². The molecule has 172 valence electrons. The summed E-state index contributed by atoms with van der Waals surface area (Å²) in [5, 5.41) is 4.58. The highest BCUT2D eigenvalue weighted by atomic mass is 32.2. The summed E-state index contributed by atoms with van der Waals surface area (Å²) < 4.78 is 35.8. The summed E-state index contributed by atoms with van der Waals surface area (Å²) in [6, 6.07) is 4.86. The molecule has 0 bridgehead atoms. The van der Waals surface area contributed by atoms with E-state index in [1.165, 1.54) is 4.31 Å². The van der Waals surface area contributed by atoms with Gasteiger partial charge in [-0.15, -0.1) is 0 Å². The number of piperazine rings is 1. The minimum Gasteiger partial charge on any atom is -0.496 e. The molecule has 1 aliphatic rings. The number of aromatic nitrogens is 4. The van der Waals surface area contributed by atoms with E-state index in [1.807, 2.05) is 14.1 Å². The van der Waals surface area contributed by atoms with Gasteiger partial charge < -0.3 is 14.6 Å². The van der Waals surface area contributed by atoms with Gasteiger partial charge in [-0.2, -0.15) is 9.40 Å². The lowest BCUT2D eigenvalue weighted by molar-refractivity contribution is 0.222. The van der Waals surface area contributed by atoms with Crippen LogP contribution in [0.5, 0.6) is 5.75 Å². The number of sulfonamides is 1. The average molecular weight is 477 g/mol. The van der Waals surface area contributed by atoms with E-state index in [2.05, 4.69) is 26.9 Å². The van der Waals surface area contributed by atoms with Gasteiger partial charge >= 0.3 is 0 Å². The predicted molar refractivity (Wildman–Crippen MR) is 126 cm³/mol. The number of nitrogens with zero attached hydrogens (tertiary/aromatic N) is 5. The van der Waals surface area contributed by atoms with E-state index < -0.39 is 10.0 Å². The van der Waals surface area contributed by atoms with Crippen molar-refractivity contribution >= 4 is 33.3 Å². The minimum atomic E-state index is -3.64. The second-order valence-electron chi connectivity index (χ2n) is 8.00. The summed E-state index contributed by atoms with van der Waals surface area (Å²) in [4.78, 5) is 10.2. The molecule has 0 unspecified atom stereocenters. The number of aromatic amines is 1. The molecule has 3 aromatic rings. The number of rotatable bonds is 6. The van der Waals surface area contributed by atoms with Crippen LogP contribution in [0, 0.1) is 4.64 Å². The second-order valence-corrected chi connectivity index (χ2v) is 10.3. The quantitative estimate of drug-likeness (QED) is 0.546. The molecule has 1 saturated heterocycles. The van der Waals surface area contributed by atoms with Crippen LogP contribution in [0.4, 0.5) is 0 Å². The number of nitrogens with one attached hydrogen (secondary N) is 1. The van der Waals surface area contributed by atoms with Crippen molar-refractivity contribution in [2.75, 3.05) is 40.3 Å². The Morgan fingerprint density at radius 2 is 1.91 bits per heavy atom. The largest absolute Gasteiger partial charge is 0.496 e. The smallest absolute Gasteiger partial charge is 0.243 e. The van der Waals surface area contributed by atoms with Gasteiger partial charge in [-0.25, -0.2) is 13.4 Å². The molecule has 11 heteroatoms. The van der Waals surface area contributed by atoms with Crippen LogP contribution in [0.2, 0.25) is 0 Å². The molecule has 1 aliphatic heterocycles. The fourth-order valence-electron chi connectivity index (χ4n) is 4.01. The molecule has 0 amide bonds. The van der Waals surface area contributed by atoms with Crippen LogP contribution in [-0.4, -0.2) is 77.7 Å². The van der Waals surface area contributed by atoms with E-state index in [1.54, 1.807) is 30.0 Å². The number of aryl methyl sites for hydroxylation is 2. The maximum absolute atomic E-state index is 13.3. The first-order chi connectivity index (χ1) is 15.3. The van der Waals surface area contributed by atoms with Crippen molar-refractivity contribution in [2.45, 2.75) is 24.7 Å². The molecule has 9 nitrogen and oxygen atoms in total. The number of hydrogen-bond acceptors (Lipinski definition) is 7. The van der Waals surface area contributed by atoms with E-state index in [-0.39, 0.29) is 4.90 Å². The molecule has 2 aromatic heterocycles. The second kappa shape index (κ2) is 8.89. The lowest BCUT2D eigenvalue weighted by Gasteiger charge is -2.31. The Labute approximate surface area is 193 Å². The van der Waals surface area contributed by atoms with E-state index in [0.29, 0.717) is 48.0 Å². The van der Waals surface area contributed by atoms with Gasteiger partial charge in [-0.05, 0) is 31.7 Å². The summed E-state index contributed by atoms with van der Waals surface area (Å²) in [6.07, 6.45) is 1.73. The van der Waals surface area contributed by atoms with Gasteiger partial charge in [-0.3, -0.25) is 4.68 Å². The monoisotopic (exact) mass is 476 g/mol. The normalized spacial score (nSPS) is 16.0. The molecule has 0 radical (unpaired) electrons. The summed E-state index contributed by atoms with van der Waals surface area (Å²) in [5.41, 5.74) is 3.02. The van der Waals surface area contributed by atoms with Crippen LogP contribution in [0.25, 0.3) is 22.4 Å². The lowest BCUT2D eigenvalue weighted by Crippen LogP contribution is -2.47. The molecule has 1 fully saturated rings. The van der Waals surface area contributed by atoms with Gasteiger partial charge in [0.1, 0.15) is 17.1 Å². The maximum atomic E-state index is 13.3. The number of ether oxygens (including phenoxy) is 1. The topological polar surface area (TPSA) is 96.3 Å². The van der Waals surface area contributed by atoms with Crippen molar-refractivity contribution in [2.24, 2.45) is 7.05 Å². The van der Waals surface area contributed by atoms with E-state index in [0.717, 1.165) is 29.6 Å². The molecule has 1 N–H and O–H groups in total. The molecule has 0 aliphatic carbocycles. The number of benzene rings is 1. The van der Waals surface area contributed by atoms with Gasteiger partial charge in [0.05, 0.1) is 28.8 Å². The Hall–Kier alpha value is -2.34. The molecule has 0 atom stereocenters. The van der Waals surface area contributed by atoms with Crippen LogP contribution >= 0.6 is 12.2 Å². The lowest BCUT2D eigenvalue weighted by atomic mass is 10.1. The van der Waals surface area contributed by atoms with Crippen molar-refractivity contribution in [1.82, 2.24) is 29.0 Å². The molecular formula is C21H28N6O3S2. The zero-order valence-electron chi connectivity index (χ0n) is 18.8. The molecule has 0 saturated carbocycles. The third-order valence-corrected chi connectivity index (χ3v) is 7.97. The van der Waals surface area contributed by atoms with E-state index >= 15 is 0 Å². The SMILES string of the molecule is CCCc1nn(C)c2c(=S)nc(-c3cc(S(=O)(=O)N4CCN(C)CC4)ccc3OC)[nH]c12. The zero-order chi connectivity index (χ0) is 23.0. The van der Waals surface area contributed by atoms with Crippen LogP contribution < -0.4 is 4.74 Å². The van der Waals surface area contributed by atoms with Crippen molar-refractivity contribution < 1.29 is 13.2 Å². The molecule has 3 heterocycles. The highest BCUT2D eigenvalue weighted by Gasteiger charge is 2.28. The van der Waals surface area contributed by atoms with Crippen molar-refractivity contribution in [1.29, 1.82) is 0 Å². The van der Waals surface area contributed by atoms with Crippen LogP contribution in [0.15, 0.2) is 23.1 Å². The Morgan fingerprint density at radius 1 is 1.19 bits per heavy atom. The maximum Gasteiger partial charge on any atom is 0.243 e. The number of fused-ring (bicyclic) bond motifs is 1. The summed E-state index contributed by atoms with van der Waals surface area (Å²) in [5.74, 6) is 0.973. The Kier molecular flexibility index (Phi) is 6.35. The number of likely N-dealkylation sites (N-methyl/N-ethyl adjacent to an activating group) is 1. The summed E-state index contributed by atoms with van der Waals surface area (Å²) >= 11 is 5.56. The molecule has 32 heavy (non-hydrogen) atoms. The van der Waals surface area contributed by atoms with Crippen LogP contribution in [0.3, 0.4) is 0 Å². The van der Waals surface area contributed by atoms with E-state index in [4.69, 9.17) is 17.0 Å². The fraction of sp³-hybridized carbons (Fsp3) is 0.476. The van der Waals surface area contributed by atoms with Crippen LogP contribution in [-0.2, 0) is 23.5 Å². The van der Waals surface area contributed by atoms with Crippen molar-refractivity contribution in [3.05, 3.63) is 28.5 Å². The fourth-order valence-corrected chi connectivity index (χ4v) is 5.78. The summed E-state index contributed by atoms with van der Waals surface area (Å²) in [6.45, 7) is 4.42. The highest BCUT2D eigenvalue weighted by Crippen LogP contribution is 2.33. The summed E-state index contributed by atoms with van der Waals surface area (Å²) in [7, 11) is 1.74. The van der Waals surface area contributed by atoms with Gasteiger partial charge in [0.25, 0.3) is 0 Å². The van der Waals surface area contributed by atoms with Gasteiger partial charge in [-0.1, -0.05) is 25.6 Å².